The van der Waals surface area contributed by atoms with Crippen LogP contribution in [0.25, 0.3) is 0 Å². The first-order valence-corrected chi connectivity index (χ1v) is 6.58. The van der Waals surface area contributed by atoms with Crippen LogP contribution in [0.1, 0.15) is 43.2 Å². The minimum absolute atomic E-state index is 0.790. The van der Waals surface area contributed by atoms with Crippen LogP contribution in [0.15, 0.2) is 24.3 Å². The van der Waals surface area contributed by atoms with Crippen LogP contribution in [-0.4, -0.2) is 13.6 Å². The first kappa shape index (κ1) is 11.7. The lowest BCUT2D eigenvalue weighted by Gasteiger charge is -2.19. The minimum Gasteiger partial charge on any atom is -0.319 e. The summed E-state index contributed by atoms with van der Waals surface area (Å²) in [5.74, 6) is 1.64. The van der Waals surface area contributed by atoms with Crippen molar-refractivity contribution >= 4 is 0 Å². The molecule has 1 saturated carbocycles. The van der Waals surface area contributed by atoms with Crippen molar-refractivity contribution in [3.8, 4) is 0 Å². The lowest BCUT2D eigenvalue weighted by molar-refractivity contribution is 0.462. The van der Waals surface area contributed by atoms with E-state index in [0.717, 1.165) is 18.3 Å². The number of hydrogen-bond donors (Lipinski definition) is 1. The van der Waals surface area contributed by atoms with Gasteiger partial charge in [0.2, 0.25) is 0 Å². The molecule has 16 heavy (non-hydrogen) atoms. The highest BCUT2D eigenvalue weighted by Gasteiger charge is 2.27. The zero-order valence-electron chi connectivity index (χ0n) is 10.5. The van der Waals surface area contributed by atoms with Gasteiger partial charge in [-0.05, 0) is 55.8 Å². The van der Waals surface area contributed by atoms with Gasteiger partial charge in [0.1, 0.15) is 0 Å². The predicted molar refractivity (Wildman–Crippen MR) is 69.8 cm³/mol. The number of benzene rings is 1. The molecule has 1 nitrogen and oxygen atoms in total. The fraction of sp³-hybridized carbons (Fsp3) is 0.600. The van der Waals surface area contributed by atoms with Gasteiger partial charge >= 0.3 is 0 Å². The van der Waals surface area contributed by atoms with Crippen LogP contribution >= 0.6 is 0 Å². The molecule has 0 heterocycles. The Morgan fingerprint density at radius 2 is 1.94 bits per heavy atom. The second-order valence-corrected chi connectivity index (χ2v) is 4.95. The molecule has 0 saturated heterocycles. The largest absolute Gasteiger partial charge is 0.319 e. The molecule has 1 aromatic carbocycles. The molecule has 2 atom stereocenters. The van der Waals surface area contributed by atoms with Gasteiger partial charge in [0.05, 0.1) is 0 Å². The summed E-state index contributed by atoms with van der Waals surface area (Å²) in [5, 5.41) is 3.33. The smallest absolute Gasteiger partial charge is 0.00177 e. The Morgan fingerprint density at radius 3 is 2.56 bits per heavy atom. The average Bonchev–Trinajstić information content (AvgIpc) is 2.78. The van der Waals surface area contributed by atoms with E-state index in [9.17, 15) is 0 Å². The highest BCUT2D eigenvalue weighted by molar-refractivity contribution is 5.26. The molecule has 1 heteroatoms. The van der Waals surface area contributed by atoms with E-state index in [-0.39, 0.29) is 0 Å². The first-order chi connectivity index (χ1) is 7.85. The molecular weight excluding hydrogens is 194 g/mol. The van der Waals surface area contributed by atoms with Crippen molar-refractivity contribution in [3.05, 3.63) is 35.4 Å². The zero-order valence-corrected chi connectivity index (χ0v) is 10.5. The fourth-order valence-corrected chi connectivity index (χ4v) is 2.98. The third kappa shape index (κ3) is 2.46. The van der Waals surface area contributed by atoms with E-state index in [1.54, 1.807) is 5.56 Å². The molecule has 0 radical (unpaired) electrons. The van der Waals surface area contributed by atoms with Gasteiger partial charge in [-0.15, -0.1) is 0 Å². The second kappa shape index (κ2) is 5.49. The maximum absolute atomic E-state index is 3.33. The second-order valence-electron chi connectivity index (χ2n) is 4.95. The predicted octanol–water partition coefficient (Wildman–Crippen LogP) is 3.35. The standard InChI is InChI=1S/C15H23N/c1-3-12-7-9-13(10-8-12)15-6-4-5-14(15)11-16-2/h7-10,14-16H,3-6,11H2,1-2H3. The molecule has 2 rings (SSSR count). The van der Waals surface area contributed by atoms with E-state index in [2.05, 4.69) is 43.6 Å². The Morgan fingerprint density at radius 1 is 1.19 bits per heavy atom. The zero-order chi connectivity index (χ0) is 11.4. The molecule has 0 aliphatic heterocycles. The molecule has 0 amide bonds. The summed E-state index contributed by atoms with van der Waals surface area (Å²) >= 11 is 0. The molecule has 1 aliphatic rings. The molecule has 1 fully saturated rings. The summed E-state index contributed by atoms with van der Waals surface area (Å²) in [7, 11) is 2.07. The molecular formula is C15H23N. The topological polar surface area (TPSA) is 12.0 Å². The van der Waals surface area contributed by atoms with Crippen LogP contribution in [-0.2, 0) is 6.42 Å². The van der Waals surface area contributed by atoms with Crippen LogP contribution in [0.3, 0.4) is 0 Å². The van der Waals surface area contributed by atoms with Gasteiger partial charge in [0.15, 0.2) is 0 Å². The van der Waals surface area contributed by atoms with E-state index in [4.69, 9.17) is 0 Å². The number of rotatable bonds is 4. The number of aryl methyl sites for hydroxylation is 1. The van der Waals surface area contributed by atoms with Gasteiger partial charge < -0.3 is 5.32 Å². The van der Waals surface area contributed by atoms with Gasteiger partial charge in [0, 0.05) is 0 Å². The highest BCUT2D eigenvalue weighted by atomic mass is 14.8. The number of hydrogen-bond acceptors (Lipinski definition) is 1. The van der Waals surface area contributed by atoms with Crippen molar-refractivity contribution in [1.82, 2.24) is 5.32 Å². The van der Waals surface area contributed by atoms with E-state index in [0.29, 0.717) is 0 Å². The van der Waals surface area contributed by atoms with E-state index in [1.807, 2.05) is 0 Å². The highest BCUT2D eigenvalue weighted by Crippen LogP contribution is 2.39. The molecule has 2 unspecified atom stereocenters. The van der Waals surface area contributed by atoms with Gasteiger partial charge in [-0.2, -0.15) is 0 Å². The Bertz CT molecular complexity index is 315. The summed E-state index contributed by atoms with van der Waals surface area (Å²) in [4.78, 5) is 0. The van der Waals surface area contributed by atoms with E-state index >= 15 is 0 Å². The van der Waals surface area contributed by atoms with Crippen molar-refractivity contribution in [2.45, 2.75) is 38.5 Å². The minimum atomic E-state index is 0.790. The molecule has 1 N–H and O–H groups in total. The first-order valence-electron chi connectivity index (χ1n) is 6.58. The number of nitrogens with one attached hydrogen (secondary N) is 1. The molecule has 1 aromatic rings. The van der Waals surface area contributed by atoms with Crippen LogP contribution in [0.4, 0.5) is 0 Å². The Labute approximate surface area is 99.3 Å². The van der Waals surface area contributed by atoms with Crippen molar-refractivity contribution in [3.63, 3.8) is 0 Å². The summed E-state index contributed by atoms with van der Waals surface area (Å²) in [6.07, 6.45) is 5.30. The fourth-order valence-electron chi connectivity index (χ4n) is 2.98. The Balaban J connectivity index is 2.09. The van der Waals surface area contributed by atoms with E-state index in [1.165, 1.54) is 31.4 Å². The SMILES string of the molecule is CCc1ccc(C2CCCC2CNC)cc1. The molecule has 0 aromatic heterocycles. The molecule has 0 spiro atoms. The van der Waals surface area contributed by atoms with Crippen molar-refractivity contribution < 1.29 is 0 Å². The van der Waals surface area contributed by atoms with Gasteiger partial charge in [-0.3, -0.25) is 0 Å². The summed E-state index contributed by atoms with van der Waals surface area (Å²) in [6.45, 7) is 3.38. The van der Waals surface area contributed by atoms with Crippen LogP contribution in [0, 0.1) is 5.92 Å². The monoisotopic (exact) mass is 217 g/mol. The van der Waals surface area contributed by atoms with Crippen LogP contribution < -0.4 is 5.32 Å². The van der Waals surface area contributed by atoms with Gasteiger partial charge in [-0.1, -0.05) is 37.6 Å². The lowest BCUT2D eigenvalue weighted by atomic mass is 9.88. The van der Waals surface area contributed by atoms with Crippen LogP contribution in [0.2, 0.25) is 0 Å². The summed E-state index contributed by atoms with van der Waals surface area (Å²) < 4.78 is 0. The molecule has 88 valence electrons. The lowest BCUT2D eigenvalue weighted by Crippen LogP contribution is -2.20. The quantitative estimate of drug-likeness (QED) is 0.815. The van der Waals surface area contributed by atoms with Crippen molar-refractivity contribution in [2.75, 3.05) is 13.6 Å². The maximum atomic E-state index is 3.33. The third-order valence-electron chi connectivity index (χ3n) is 3.94. The molecule has 1 aliphatic carbocycles. The van der Waals surface area contributed by atoms with E-state index < -0.39 is 0 Å². The maximum Gasteiger partial charge on any atom is -0.00177 e. The van der Waals surface area contributed by atoms with Gasteiger partial charge in [-0.25, -0.2) is 0 Å². The Hall–Kier alpha value is -0.820. The average molecular weight is 217 g/mol. The normalized spacial score (nSPS) is 24.9. The summed E-state index contributed by atoms with van der Waals surface area (Å²) in [5.41, 5.74) is 3.00. The van der Waals surface area contributed by atoms with Gasteiger partial charge in [0.25, 0.3) is 0 Å². The summed E-state index contributed by atoms with van der Waals surface area (Å²) in [6, 6.07) is 9.28. The Kier molecular flexibility index (Phi) is 4.00. The third-order valence-corrected chi connectivity index (χ3v) is 3.94. The van der Waals surface area contributed by atoms with Crippen LogP contribution in [0.5, 0.6) is 0 Å². The van der Waals surface area contributed by atoms with Crippen molar-refractivity contribution in [1.29, 1.82) is 0 Å². The van der Waals surface area contributed by atoms with Crippen molar-refractivity contribution in [2.24, 2.45) is 5.92 Å². The molecule has 0 bridgehead atoms.